The smallest absolute Gasteiger partial charge is 0.310 e. The minimum atomic E-state index is -0.622. The summed E-state index contributed by atoms with van der Waals surface area (Å²) in [6.45, 7) is 5.92. The Hall–Kier alpha value is -0.390. The number of thiophene rings is 1. The highest BCUT2D eigenvalue weighted by atomic mass is 79.9. The Kier molecular flexibility index (Phi) is 5.26. The van der Waals surface area contributed by atoms with Gasteiger partial charge in [0.05, 0.1) is 5.41 Å². The van der Waals surface area contributed by atoms with Crippen molar-refractivity contribution in [3.63, 3.8) is 0 Å². The molecule has 3 nitrogen and oxygen atoms in total. The molecule has 0 bridgehead atoms. The summed E-state index contributed by atoms with van der Waals surface area (Å²) in [5.41, 5.74) is -0.546. The highest BCUT2D eigenvalue weighted by Gasteiger charge is 2.42. The molecule has 0 radical (unpaired) electrons. The molecule has 1 N–H and O–H groups in total. The molecule has 20 heavy (non-hydrogen) atoms. The van der Waals surface area contributed by atoms with Crippen molar-refractivity contribution < 1.29 is 9.90 Å². The first-order valence-corrected chi connectivity index (χ1v) is 8.87. The third kappa shape index (κ3) is 3.26. The van der Waals surface area contributed by atoms with Gasteiger partial charge < -0.3 is 5.11 Å². The Balaban J connectivity index is 2.15. The lowest BCUT2D eigenvalue weighted by Gasteiger charge is -2.42. The van der Waals surface area contributed by atoms with Crippen LogP contribution < -0.4 is 0 Å². The second-order valence-electron chi connectivity index (χ2n) is 5.75. The maximum Gasteiger partial charge on any atom is 0.310 e. The predicted molar refractivity (Wildman–Crippen MR) is 86.2 cm³/mol. The van der Waals surface area contributed by atoms with Gasteiger partial charge in [0.15, 0.2) is 0 Å². The number of carboxylic acid groups (broad SMARTS) is 1. The van der Waals surface area contributed by atoms with Crippen molar-refractivity contribution in [2.45, 2.75) is 45.6 Å². The van der Waals surface area contributed by atoms with Gasteiger partial charge in [-0.2, -0.15) is 0 Å². The van der Waals surface area contributed by atoms with Gasteiger partial charge in [0, 0.05) is 27.3 Å². The number of hydrogen-bond acceptors (Lipinski definition) is 3. The number of halogens is 1. The molecule has 1 aliphatic heterocycles. The zero-order chi connectivity index (χ0) is 14.8. The van der Waals surface area contributed by atoms with Crippen molar-refractivity contribution in [3.8, 4) is 0 Å². The number of nitrogens with zero attached hydrogens (tertiary/aromatic N) is 1. The average molecular weight is 360 g/mol. The van der Waals surface area contributed by atoms with Crippen molar-refractivity contribution in [1.29, 1.82) is 0 Å². The zero-order valence-corrected chi connectivity index (χ0v) is 14.5. The van der Waals surface area contributed by atoms with E-state index in [1.165, 1.54) is 4.88 Å². The summed E-state index contributed by atoms with van der Waals surface area (Å²) < 4.78 is 1.11. The molecule has 2 atom stereocenters. The molecule has 2 unspecified atom stereocenters. The number of carbonyl (C=O) groups is 1. The molecule has 1 aromatic heterocycles. The molecule has 1 fully saturated rings. The lowest BCUT2D eigenvalue weighted by atomic mass is 9.76. The molecule has 0 aliphatic carbocycles. The van der Waals surface area contributed by atoms with Gasteiger partial charge in [0.25, 0.3) is 0 Å². The van der Waals surface area contributed by atoms with E-state index >= 15 is 0 Å². The van der Waals surface area contributed by atoms with E-state index in [-0.39, 0.29) is 0 Å². The average Bonchev–Trinajstić information content (AvgIpc) is 2.85. The van der Waals surface area contributed by atoms with Gasteiger partial charge in [-0.1, -0.05) is 13.3 Å². The van der Waals surface area contributed by atoms with E-state index in [1.807, 2.05) is 0 Å². The molecule has 2 heterocycles. The SMILES string of the molecule is CCCC1(C(=O)O)CCCN(C(C)c2cc(Br)cs2)C1. The lowest BCUT2D eigenvalue weighted by molar-refractivity contribution is -0.153. The van der Waals surface area contributed by atoms with E-state index in [0.29, 0.717) is 12.6 Å². The van der Waals surface area contributed by atoms with Crippen molar-refractivity contribution in [3.05, 3.63) is 20.8 Å². The summed E-state index contributed by atoms with van der Waals surface area (Å²) in [7, 11) is 0. The quantitative estimate of drug-likeness (QED) is 0.838. The largest absolute Gasteiger partial charge is 0.481 e. The molecule has 112 valence electrons. The minimum absolute atomic E-state index is 0.294. The van der Waals surface area contributed by atoms with E-state index in [9.17, 15) is 9.90 Å². The predicted octanol–water partition coefficient (Wildman–Crippen LogP) is 4.54. The normalized spacial score (nSPS) is 25.6. The van der Waals surface area contributed by atoms with Crippen molar-refractivity contribution >= 4 is 33.2 Å². The van der Waals surface area contributed by atoms with E-state index in [0.717, 1.165) is 36.7 Å². The van der Waals surface area contributed by atoms with Crippen LogP contribution in [0.3, 0.4) is 0 Å². The van der Waals surface area contributed by atoms with Crippen LogP contribution in [0.15, 0.2) is 15.9 Å². The molecule has 1 aliphatic rings. The number of likely N-dealkylation sites (tertiary alicyclic amines) is 1. The Labute approximate surface area is 133 Å². The third-order valence-corrected chi connectivity index (χ3v) is 6.20. The molecule has 0 aromatic carbocycles. The van der Waals surface area contributed by atoms with Gasteiger partial charge in [0.2, 0.25) is 0 Å². The molecule has 1 saturated heterocycles. The fourth-order valence-electron chi connectivity index (χ4n) is 3.19. The number of rotatable bonds is 5. The van der Waals surface area contributed by atoms with Gasteiger partial charge >= 0.3 is 5.97 Å². The minimum Gasteiger partial charge on any atom is -0.481 e. The van der Waals surface area contributed by atoms with Gasteiger partial charge in [-0.25, -0.2) is 0 Å². The van der Waals surface area contributed by atoms with E-state index < -0.39 is 11.4 Å². The molecule has 1 aromatic rings. The van der Waals surface area contributed by atoms with Crippen molar-refractivity contribution in [2.24, 2.45) is 5.41 Å². The van der Waals surface area contributed by atoms with Crippen LogP contribution in [-0.2, 0) is 4.79 Å². The van der Waals surface area contributed by atoms with Crippen LogP contribution >= 0.6 is 27.3 Å². The van der Waals surface area contributed by atoms with Crippen LogP contribution in [0.4, 0.5) is 0 Å². The molecular formula is C15H22BrNO2S. The maximum atomic E-state index is 11.7. The Morgan fingerprint density at radius 3 is 2.95 bits per heavy atom. The first-order chi connectivity index (χ1) is 9.48. The summed E-state index contributed by atoms with van der Waals surface area (Å²) in [5, 5.41) is 11.8. The summed E-state index contributed by atoms with van der Waals surface area (Å²) >= 11 is 5.23. The van der Waals surface area contributed by atoms with Crippen LogP contribution in [-0.4, -0.2) is 29.1 Å². The standard InChI is InChI=1S/C15H22BrNO2S/c1-3-5-15(14(18)19)6-4-7-17(10-15)11(2)13-8-12(16)9-20-13/h8-9,11H,3-7,10H2,1-2H3,(H,18,19). The molecule has 2 rings (SSSR count). The maximum absolute atomic E-state index is 11.7. The zero-order valence-electron chi connectivity index (χ0n) is 12.1. The first kappa shape index (κ1) is 16.0. The number of piperidine rings is 1. The number of carboxylic acids is 1. The fraction of sp³-hybridized carbons (Fsp3) is 0.667. The number of hydrogen-bond donors (Lipinski definition) is 1. The second kappa shape index (κ2) is 6.58. The summed E-state index contributed by atoms with van der Waals surface area (Å²) in [4.78, 5) is 15.4. The van der Waals surface area contributed by atoms with E-state index in [4.69, 9.17) is 0 Å². The number of aliphatic carboxylic acids is 1. The van der Waals surface area contributed by atoms with E-state index in [1.54, 1.807) is 11.3 Å². The highest BCUT2D eigenvalue weighted by Crippen LogP contribution is 2.39. The molecule has 5 heteroatoms. The Bertz CT molecular complexity index is 472. The van der Waals surface area contributed by atoms with Crippen LogP contribution in [0.5, 0.6) is 0 Å². The monoisotopic (exact) mass is 359 g/mol. The molecular weight excluding hydrogens is 338 g/mol. The highest BCUT2D eigenvalue weighted by molar-refractivity contribution is 9.10. The summed E-state index contributed by atoms with van der Waals surface area (Å²) in [5.74, 6) is -0.622. The topological polar surface area (TPSA) is 40.5 Å². The Morgan fingerprint density at radius 1 is 1.65 bits per heavy atom. The van der Waals surface area contributed by atoms with Gasteiger partial charge in [-0.05, 0) is 54.7 Å². The van der Waals surface area contributed by atoms with Crippen LogP contribution in [0.2, 0.25) is 0 Å². The lowest BCUT2D eigenvalue weighted by Crippen LogP contribution is -2.48. The van der Waals surface area contributed by atoms with Gasteiger partial charge in [0.1, 0.15) is 0 Å². The summed E-state index contributed by atoms with van der Waals surface area (Å²) in [6.07, 6.45) is 3.50. The van der Waals surface area contributed by atoms with Crippen LogP contribution in [0.25, 0.3) is 0 Å². The van der Waals surface area contributed by atoms with E-state index in [2.05, 4.69) is 46.1 Å². The van der Waals surface area contributed by atoms with Crippen LogP contribution in [0, 0.1) is 5.41 Å². The van der Waals surface area contributed by atoms with Gasteiger partial charge in [-0.15, -0.1) is 11.3 Å². The molecule has 0 saturated carbocycles. The van der Waals surface area contributed by atoms with Gasteiger partial charge in [-0.3, -0.25) is 9.69 Å². The van der Waals surface area contributed by atoms with Crippen LogP contribution in [0.1, 0.15) is 50.4 Å². The molecule has 0 amide bonds. The van der Waals surface area contributed by atoms with Crippen molar-refractivity contribution in [2.75, 3.05) is 13.1 Å². The fourth-order valence-corrected chi connectivity index (χ4v) is 4.73. The Morgan fingerprint density at radius 2 is 2.40 bits per heavy atom. The summed E-state index contributed by atoms with van der Waals surface area (Å²) in [6, 6.07) is 2.44. The second-order valence-corrected chi connectivity index (χ2v) is 7.61. The van der Waals surface area contributed by atoms with Crippen molar-refractivity contribution in [1.82, 2.24) is 4.90 Å². The first-order valence-electron chi connectivity index (χ1n) is 7.20. The third-order valence-electron chi connectivity index (χ3n) is 4.34. The molecule has 0 spiro atoms.